The maximum Gasteiger partial charge on any atom is 0.355 e. The van der Waals surface area contributed by atoms with Crippen molar-refractivity contribution in [3.05, 3.63) is 41.6 Å². The number of para-hydroxylation sites is 1. The van der Waals surface area contributed by atoms with Crippen LogP contribution in [0.2, 0.25) is 0 Å². The predicted octanol–water partition coefficient (Wildman–Crippen LogP) is 2.47. The van der Waals surface area contributed by atoms with E-state index in [1.54, 1.807) is 24.3 Å². The monoisotopic (exact) mass is 289 g/mol. The summed E-state index contributed by atoms with van der Waals surface area (Å²) in [6, 6.07) is 8.07. The van der Waals surface area contributed by atoms with Gasteiger partial charge in [0, 0.05) is 5.39 Å². The summed E-state index contributed by atoms with van der Waals surface area (Å²) in [6.45, 7) is 0. The van der Waals surface area contributed by atoms with Gasteiger partial charge in [-0.15, -0.1) is 24.8 Å². The van der Waals surface area contributed by atoms with Crippen molar-refractivity contribution in [1.82, 2.24) is 4.98 Å². The number of hydrogen-bond donors (Lipinski definition) is 2. The van der Waals surface area contributed by atoms with Crippen LogP contribution >= 0.6 is 24.8 Å². The first-order valence-electron chi connectivity index (χ1n) is 4.46. The molecule has 0 unspecified atom stereocenters. The summed E-state index contributed by atoms with van der Waals surface area (Å²) in [6.07, 6.45) is 0. The van der Waals surface area contributed by atoms with Crippen LogP contribution in [0.4, 0.5) is 0 Å². The maximum absolute atomic E-state index is 10.9. The molecule has 0 amide bonds. The molecular formula is C11H9Cl2NO4. The summed E-state index contributed by atoms with van der Waals surface area (Å²) in [4.78, 5) is 25.5. The van der Waals surface area contributed by atoms with E-state index in [0.717, 1.165) is 0 Å². The zero-order valence-corrected chi connectivity index (χ0v) is 10.5. The van der Waals surface area contributed by atoms with Crippen LogP contribution in [0, 0.1) is 0 Å². The number of aromatic nitrogens is 1. The molecule has 1 aromatic carbocycles. The van der Waals surface area contributed by atoms with Crippen molar-refractivity contribution in [2.24, 2.45) is 0 Å². The largest absolute Gasteiger partial charge is 0.478 e. The number of hydrogen-bond acceptors (Lipinski definition) is 3. The van der Waals surface area contributed by atoms with Crippen molar-refractivity contribution in [3.63, 3.8) is 0 Å². The number of fused-ring (bicyclic) bond motifs is 1. The molecule has 0 saturated heterocycles. The van der Waals surface area contributed by atoms with E-state index in [1.165, 1.54) is 6.07 Å². The van der Waals surface area contributed by atoms with Gasteiger partial charge in [-0.25, -0.2) is 14.6 Å². The summed E-state index contributed by atoms with van der Waals surface area (Å²) in [5.74, 6) is -2.64. The van der Waals surface area contributed by atoms with Gasteiger partial charge in [0.1, 0.15) is 0 Å². The third-order valence-corrected chi connectivity index (χ3v) is 2.16. The Kier molecular flexibility index (Phi) is 5.55. The van der Waals surface area contributed by atoms with Crippen LogP contribution in [0.15, 0.2) is 30.3 Å². The molecule has 0 aliphatic heterocycles. The van der Waals surface area contributed by atoms with E-state index in [0.29, 0.717) is 10.9 Å². The van der Waals surface area contributed by atoms with Crippen molar-refractivity contribution in [2.75, 3.05) is 0 Å². The van der Waals surface area contributed by atoms with E-state index in [1.807, 2.05) is 0 Å². The van der Waals surface area contributed by atoms with Gasteiger partial charge in [-0.2, -0.15) is 0 Å². The number of carboxylic acids is 2. The number of carbonyl (C=O) groups is 2. The molecule has 0 aliphatic rings. The van der Waals surface area contributed by atoms with Crippen LogP contribution in [-0.4, -0.2) is 27.1 Å². The lowest BCUT2D eigenvalue weighted by atomic mass is 10.1. The van der Waals surface area contributed by atoms with Gasteiger partial charge >= 0.3 is 11.9 Å². The number of halogens is 2. The topological polar surface area (TPSA) is 87.5 Å². The maximum atomic E-state index is 10.9. The summed E-state index contributed by atoms with van der Waals surface area (Å²) in [7, 11) is 0. The molecule has 2 N–H and O–H groups in total. The second-order valence-electron chi connectivity index (χ2n) is 3.19. The smallest absolute Gasteiger partial charge is 0.355 e. The highest BCUT2D eigenvalue weighted by molar-refractivity contribution is 6.03. The van der Waals surface area contributed by atoms with Crippen LogP contribution in [0.3, 0.4) is 0 Å². The van der Waals surface area contributed by atoms with Crippen LogP contribution < -0.4 is 0 Å². The molecular weight excluding hydrogens is 281 g/mol. The Bertz CT molecular complexity index is 548. The zero-order valence-electron chi connectivity index (χ0n) is 8.86. The number of rotatable bonds is 2. The molecule has 7 heteroatoms. The highest BCUT2D eigenvalue weighted by atomic mass is 35.5. The zero-order chi connectivity index (χ0) is 11.7. The molecule has 0 bridgehead atoms. The molecule has 0 spiro atoms. The predicted molar refractivity (Wildman–Crippen MR) is 70.2 cm³/mol. The molecule has 0 radical (unpaired) electrons. The van der Waals surface area contributed by atoms with E-state index in [9.17, 15) is 9.59 Å². The molecule has 96 valence electrons. The lowest BCUT2D eigenvalue weighted by Gasteiger charge is -2.03. The molecule has 0 fully saturated rings. The van der Waals surface area contributed by atoms with Gasteiger partial charge in [0.25, 0.3) is 0 Å². The van der Waals surface area contributed by atoms with Gasteiger partial charge < -0.3 is 10.2 Å². The normalized spacial score (nSPS) is 9.11. The summed E-state index contributed by atoms with van der Waals surface area (Å²) in [5.41, 5.74) is -0.276. The standard InChI is InChI=1S/C11H7NO4.2ClH/c13-10(14)7-5-6-3-1-2-4-8(6)12-9(7)11(15)16;;/h1-5H,(H,13,14)(H,15,16);2*1H. The van der Waals surface area contributed by atoms with Crippen LogP contribution in [0.25, 0.3) is 10.9 Å². The summed E-state index contributed by atoms with van der Waals surface area (Å²) >= 11 is 0. The summed E-state index contributed by atoms with van der Waals surface area (Å²) in [5, 5.41) is 18.3. The van der Waals surface area contributed by atoms with Crippen molar-refractivity contribution in [3.8, 4) is 0 Å². The Morgan fingerprint density at radius 1 is 1.00 bits per heavy atom. The summed E-state index contributed by atoms with van der Waals surface area (Å²) < 4.78 is 0. The Balaban J connectivity index is 0.00000144. The van der Waals surface area contributed by atoms with Crippen molar-refractivity contribution < 1.29 is 19.8 Å². The van der Waals surface area contributed by atoms with E-state index < -0.39 is 17.6 Å². The third kappa shape index (κ3) is 2.88. The fourth-order valence-electron chi connectivity index (χ4n) is 1.44. The third-order valence-electron chi connectivity index (χ3n) is 2.16. The minimum Gasteiger partial charge on any atom is -0.478 e. The minimum atomic E-state index is -1.34. The first-order valence-corrected chi connectivity index (χ1v) is 4.46. The van der Waals surface area contributed by atoms with Gasteiger partial charge in [-0.05, 0) is 12.1 Å². The van der Waals surface area contributed by atoms with Crippen LogP contribution in [0.1, 0.15) is 20.8 Å². The average molecular weight is 290 g/mol. The first-order chi connectivity index (χ1) is 7.59. The fourth-order valence-corrected chi connectivity index (χ4v) is 1.44. The van der Waals surface area contributed by atoms with E-state index in [2.05, 4.69) is 4.98 Å². The Labute approximate surface area is 114 Å². The number of nitrogens with zero attached hydrogens (tertiary/aromatic N) is 1. The van der Waals surface area contributed by atoms with Crippen LogP contribution in [0.5, 0.6) is 0 Å². The fraction of sp³-hybridized carbons (Fsp3) is 0. The lowest BCUT2D eigenvalue weighted by Crippen LogP contribution is -2.10. The van der Waals surface area contributed by atoms with Gasteiger partial charge in [0.05, 0.1) is 11.1 Å². The van der Waals surface area contributed by atoms with Gasteiger partial charge in [-0.1, -0.05) is 18.2 Å². The molecule has 1 aromatic heterocycles. The second kappa shape index (κ2) is 6.18. The van der Waals surface area contributed by atoms with Crippen molar-refractivity contribution >= 4 is 47.7 Å². The van der Waals surface area contributed by atoms with E-state index in [-0.39, 0.29) is 30.4 Å². The van der Waals surface area contributed by atoms with E-state index in [4.69, 9.17) is 10.2 Å². The molecule has 1 heterocycles. The number of pyridine rings is 1. The van der Waals surface area contributed by atoms with Crippen molar-refractivity contribution in [1.29, 1.82) is 0 Å². The van der Waals surface area contributed by atoms with Gasteiger partial charge in [0.2, 0.25) is 0 Å². The first kappa shape index (κ1) is 16.1. The average Bonchev–Trinajstić information content (AvgIpc) is 2.27. The molecule has 0 saturated carbocycles. The van der Waals surface area contributed by atoms with E-state index >= 15 is 0 Å². The highest BCUT2D eigenvalue weighted by Crippen LogP contribution is 2.16. The molecule has 5 nitrogen and oxygen atoms in total. The highest BCUT2D eigenvalue weighted by Gasteiger charge is 2.18. The molecule has 2 rings (SSSR count). The van der Waals surface area contributed by atoms with Gasteiger partial charge in [0.15, 0.2) is 5.69 Å². The SMILES string of the molecule is Cl.Cl.O=C(O)c1cc2ccccc2nc1C(=O)O. The van der Waals surface area contributed by atoms with Crippen LogP contribution in [-0.2, 0) is 0 Å². The molecule has 2 aromatic rings. The lowest BCUT2D eigenvalue weighted by molar-refractivity contribution is 0.0647. The molecule has 18 heavy (non-hydrogen) atoms. The second-order valence-corrected chi connectivity index (χ2v) is 3.19. The Hall–Kier alpha value is -1.85. The number of carboxylic acid groups (broad SMARTS) is 2. The Morgan fingerprint density at radius 2 is 1.61 bits per heavy atom. The van der Waals surface area contributed by atoms with Crippen molar-refractivity contribution in [2.45, 2.75) is 0 Å². The molecule has 0 atom stereocenters. The molecule has 0 aliphatic carbocycles. The minimum absolute atomic E-state index is 0. The number of benzene rings is 1. The number of aromatic carboxylic acids is 2. The Morgan fingerprint density at radius 3 is 2.17 bits per heavy atom. The quantitative estimate of drug-likeness (QED) is 0.887. The van der Waals surface area contributed by atoms with Gasteiger partial charge in [-0.3, -0.25) is 0 Å².